The van der Waals surface area contributed by atoms with E-state index in [1.54, 1.807) is 11.9 Å². The molecule has 7 nitrogen and oxygen atoms in total. The molecule has 0 aromatic heterocycles. The van der Waals surface area contributed by atoms with Crippen LogP contribution in [0.5, 0.6) is 0 Å². The highest BCUT2D eigenvalue weighted by molar-refractivity contribution is 6.00. The fraction of sp³-hybridized carbons (Fsp3) is 0.524. The van der Waals surface area contributed by atoms with E-state index in [0.717, 1.165) is 25.2 Å². The van der Waals surface area contributed by atoms with Crippen LogP contribution >= 0.6 is 0 Å². The van der Waals surface area contributed by atoms with Gasteiger partial charge in [0.2, 0.25) is 0 Å². The number of urea groups is 1. The van der Waals surface area contributed by atoms with Gasteiger partial charge in [0.15, 0.2) is 0 Å². The number of nitrogens with zero attached hydrogens (tertiary/aromatic N) is 4. The molecule has 4 unspecified atom stereocenters. The second-order valence-electron chi connectivity index (χ2n) is 8.42. The maximum Gasteiger partial charge on any atom is 0.328 e. The Hall–Kier alpha value is -2.22. The molecule has 3 amide bonds. The van der Waals surface area contributed by atoms with Crippen molar-refractivity contribution in [3.05, 3.63) is 48.0 Å². The fourth-order valence-corrected chi connectivity index (χ4v) is 4.67. The van der Waals surface area contributed by atoms with E-state index in [2.05, 4.69) is 40.8 Å². The Morgan fingerprint density at radius 3 is 2.61 bits per heavy atom. The van der Waals surface area contributed by atoms with E-state index >= 15 is 0 Å². The Labute approximate surface area is 166 Å². The van der Waals surface area contributed by atoms with Crippen LogP contribution < -0.4 is 5.32 Å². The van der Waals surface area contributed by atoms with Crippen molar-refractivity contribution < 1.29 is 9.59 Å². The van der Waals surface area contributed by atoms with Gasteiger partial charge >= 0.3 is 6.03 Å². The number of likely N-dealkylation sites (N-methyl/N-ethyl adjacent to an activating group) is 1. The largest absolute Gasteiger partial charge is 0.328 e. The van der Waals surface area contributed by atoms with Gasteiger partial charge in [0.25, 0.3) is 5.91 Å². The van der Waals surface area contributed by atoms with Crippen molar-refractivity contribution in [3.63, 3.8) is 0 Å². The van der Waals surface area contributed by atoms with Gasteiger partial charge in [0, 0.05) is 26.7 Å². The molecule has 4 rings (SSSR count). The van der Waals surface area contributed by atoms with Crippen LogP contribution in [0.15, 0.2) is 42.5 Å². The molecule has 0 saturated carbocycles. The fourth-order valence-electron chi connectivity index (χ4n) is 4.67. The number of rotatable bonds is 4. The number of benzene rings is 1. The van der Waals surface area contributed by atoms with E-state index < -0.39 is 0 Å². The van der Waals surface area contributed by atoms with Gasteiger partial charge in [0.05, 0.1) is 6.54 Å². The van der Waals surface area contributed by atoms with E-state index in [4.69, 9.17) is 0 Å². The van der Waals surface area contributed by atoms with Gasteiger partial charge in [-0.3, -0.25) is 24.8 Å². The molecule has 0 bridgehead atoms. The molecule has 3 fully saturated rings. The van der Waals surface area contributed by atoms with E-state index in [9.17, 15) is 9.59 Å². The van der Waals surface area contributed by atoms with Gasteiger partial charge in [-0.1, -0.05) is 49.4 Å². The highest BCUT2D eigenvalue weighted by Crippen LogP contribution is 2.32. The lowest BCUT2D eigenvalue weighted by Crippen LogP contribution is -2.66. The highest BCUT2D eigenvalue weighted by atomic mass is 16.2. The lowest BCUT2D eigenvalue weighted by atomic mass is 10.0. The van der Waals surface area contributed by atoms with Crippen molar-refractivity contribution in [1.82, 2.24) is 24.9 Å². The van der Waals surface area contributed by atoms with Crippen LogP contribution in [0.2, 0.25) is 0 Å². The first-order valence-corrected chi connectivity index (χ1v) is 9.89. The summed E-state index contributed by atoms with van der Waals surface area (Å²) in [6.45, 7) is 10.8. The lowest BCUT2D eigenvalue weighted by Gasteiger charge is -2.45. The van der Waals surface area contributed by atoms with E-state index in [0.29, 0.717) is 5.92 Å². The van der Waals surface area contributed by atoms with Crippen molar-refractivity contribution >= 4 is 11.9 Å². The normalized spacial score (nSPS) is 31.1. The summed E-state index contributed by atoms with van der Waals surface area (Å²) in [5, 5.41) is 3.56. The molecular weight excluding hydrogens is 354 g/mol. The SMILES string of the molecule is C=C(C)CN1C(=O)C2C(NC3N(Cc4ccccc4)CC(C)CN23)N(C)C1=O. The molecule has 1 aromatic rings. The number of amides is 3. The summed E-state index contributed by atoms with van der Waals surface area (Å²) < 4.78 is 0. The first kappa shape index (κ1) is 19.1. The predicted octanol–water partition coefficient (Wildman–Crippen LogP) is 1.49. The Morgan fingerprint density at radius 1 is 1.21 bits per heavy atom. The number of fused-ring (bicyclic) bond motifs is 3. The van der Waals surface area contributed by atoms with Crippen molar-refractivity contribution in [3.8, 4) is 0 Å². The van der Waals surface area contributed by atoms with Crippen LogP contribution in [0.3, 0.4) is 0 Å². The summed E-state index contributed by atoms with van der Waals surface area (Å²) in [5.41, 5.74) is 2.04. The van der Waals surface area contributed by atoms with E-state index in [1.165, 1.54) is 10.5 Å². The third kappa shape index (κ3) is 3.23. The van der Waals surface area contributed by atoms with Crippen LogP contribution in [-0.4, -0.2) is 76.7 Å². The maximum absolute atomic E-state index is 13.3. The van der Waals surface area contributed by atoms with Gasteiger partial charge < -0.3 is 4.90 Å². The maximum atomic E-state index is 13.3. The molecule has 0 spiro atoms. The molecule has 1 N–H and O–H groups in total. The van der Waals surface area contributed by atoms with Crippen LogP contribution in [-0.2, 0) is 11.3 Å². The molecule has 1 aromatic carbocycles. The zero-order valence-electron chi connectivity index (χ0n) is 16.8. The summed E-state index contributed by atoms with van der Waals surface area (Å²) in [7, 11) is 1.77. The van der Waals surface area contributed by atoms with Crippen molar-refractivity contribution in [1.29, 1.82) is 0 Å². The molecule has 0 radical (unpaired) electrons. The molecule has 3 heterocycles. The van der Waals surface area contributed by atoms with Crippen LogP contribution in [0.1, 0.15) is 19.4 Å². The number of imide groups is 1. The highest BCUT2D eigenvalue weighted by Gasteiger charge is 2.56. The third-order valence-corrected chi connectivity index (χ3v) is 5.83. The molecular formula is C21H29N5O2. The summed E-state index contributed by atoms with van der Waals surface area (Å²) in [4.78, 5) is 33.6. The minimum atomic E-state index is -0.368. The second-order valence-corrected chi connectivity index (χ2v) is 8.42. The molecule has 4 atom stereocenters. The zero-order chi connectivity index (χ0) is 20.0. The zero-order valence-corrected chi connectivity index (χ0v) is 16.8. The quantitative estimate of drug-likeness (QED) is 0.799. The smallest absolute Gasteiger partial charge is 0.310 e. The molecule has 7 heteroatoms. The monoisotopic (exact) mass is 383 g/mol. The number of carbonyl (C=O) groups excluding carboxylic acids is 2. The number of hydrogen-bond donors (Lipinski definition) is 1. The van der Waals surface area contributed by atoms with Crippen LogP contribution in [0.25, 0.3) is 0 Å². The number of carbonyl (C=O) groups is 2. The van der Waals surface area contributed by atoms with E-state index in [1.807, 2.05) is 25.1 Å². The summed E-state index contributed by atoms with van der Waals surface area (Å²) >= 11 is 0. The van der Waals surface area contributed by atoms with Crippen LogP contribution in [0.4, 0.5) is 4.79 Å². The molecule has 3 aliphatic heterocycles. The third-order valence-electron chi connectivity index (χ3n) is 5.83. The van der Waals surface area contributed by atoms with Gasteiger partial charge in [-0.05, 0) is 18.4 Å². The topological polar surface area (TPSA) is 59.1 Å². The minimum Gasteiger partial charge on any atom is -0.310 e. The van der Waals surface area contributed by atoms with Gasteiger partial charge in [0.1, 0.15) is 18.5 Å². The molecule has 3 aliphatic rings. The lowest BCUT2D eigenvalue weighted by molar-refractivity contribution is -0.140. The van der Waals surface area contributed by atoms with Crippen molar-refractivity contribution in [2.24, 2.45) is 5.92 Å². The van der Waals surface area contributed by atoms with Crippen molar-refractivity contribution in [2.45, 2.75) is 38.9 Å². The second kappa shape index (κ2) is 7.31. The van der Waals surface area contributed by atoms with Gasteiger partial charge in [-0.2, -0.15) is 0 Å². The first-order chi connectivity index (χ1) is 13.4. The Balaban J connectivity index is 1.61. The standard InChI is InChI=1S/C21H29N5O2/c1-14(2)10-26-19(27)17-18(23(4)21(26)28)22-20-24(11-15(3)12-25(17)20)13-16-8-6-5-7-9-16/h5-9,15,17-18,20,22H,1,10-13H2,2-4H3. The summed E-state index contributed by atoms with van der Waals surface area (Å²) in [6, 6.07) is 9.74. The molecule has 3 saturated heterocycles. The summed E-state index contributed by atoms with van der Waals surface area (Å²) in [5.74, 6) is 0.311. The van der Waals surface area contributed by atoms with Crippen molar-refractivity contribution in [2.75, 3.05) is 26.7 Å². The Bertz CT molecular complexity index is 782. The van der Waals surface area contributed by atoms with Gasteiger partial charge in [-0.15, -0.1) is 0 Å². The van der Waals surface area contributed by atoms with Gasteiger partial charge in [-0.25, -0.2) is 4.79 Å². The Kier molecular flexibility index (Phi) is 4.99. The number of nitrogens with one attached hydrogen (secondary N) is 1. The molecule has 28 heavy (non-hydrogen) atoms. The predicted molar refractivity (Wildman–Crippen MR) is 107 cm³/mol. The van der Waals surface area contributed by atoms with E-state index in [-0.39, 0.29) is 37.0 Å². The minimum absolute atomic E-state index is 0.0598. The first-order valence-electron chi connectivity index (χ1n) is 9.89. The average molecular weight is 383 g/mol. The molecule has 150 valence electrons. The Morgan fingerprint density at radius 2 is 1.93 bits per heavy atom. The number of hydrogen-bond acceptors (Lipinski definition) is 5. The average Bonchev–Trinajstić information content (AvgIpc) is 3.04. The molecule has 0 aliphatic carbocycles. The van der Waals surface area contributed by atoms with Crippen LogP contribution in [0, 0.1) is 5.92 Å². The summed E-state index contributed by atoms with van der Waals surface area (Å²) in [6.07, 6.45) is -0.370.